The van der Waals surface area contributed by atoms with E-state index < -0.39 is 7.14 Å². The Morgan fingerprint density at radius 1 is 1.00 bits per heavy atom. The summed E-state index contributed by atoms with van der Waals surface area (Å²) < 4.78 is 20.1. The predicted octanol–water partition coefficient (Wildman–Crippen LogP) is 6.60. The number of piperazine rings is 1. The first-order chi connectivity index (χ1) is 23.9. The van der Waals surface area contributed by atoms with E-state index in [9.17, 15) is 4.57 Å². The third-order valence-corrected chi connectivity index (χ3v) is 11.8. The number of aromatic nitrogens is 5. The number of anilines is 5. The number of rotatable bonds is 11. The SMILES string of the molecule is CCc1cc(Nc2ncc(Br)c(Nc3ccc(-c4cnn(C(C)C)n4)cc3P(C)(C)=O)n2)c(OC)cc1N1CCC(N2CCN(C)CC2)CC1. The van der Waals surface area contributed by atoms with Gasteiger partial charge in [0.15, 0.2) is 0 Å². The summed E-state index contributed by atoms with van der Waals surface area (Å²) in [5.74, 6) is 1.70. The van der Waals surface area contributed by atoms with Crippen molar-refractivity contribution in [3.05, 3.63) is 52.8 Å². The smallest absolute Gasteiger partial charge is 0.229 e. The molecule has 12 nitrogen and oxygen atoms in total. The molecule has 2 aromatic carbocycles. The Morgan fingerprint density at radius 2 is 1.74 bits per heavy atom. The molecule has 4 heterocycles. The topological polar surface area (TPSA) is 117 Å². The van der Waals surface area contributed by atoms with E-state index in [2.05, 4.69) is 82.5 Å². The summed E-state index contributed by atoms with van der Waals surface area (Å²) in [7, 11) is 1.22. The van der Waals surface area contributed by atoms with Gasteiger partial charge in [-0.25, -0.2) is 4.98 Å². The van der Waals surface area contributed by atoms with Gasteiger partial charge >= 0.3 is 0 Å². The van der Waals surface area contributed by atoms with Crippen LogP contribution in [0.4, 0.5) is 28.8 Å². The standard InChI is InChI=1S/C36H50BrN10O2P/c1-8-25-19-30(33(49-5)21-32(25)46-13-11-27(12-14-46)45-17-15-44(4)16-18-45)41-36-38-22-28(37)35(42-36)40-29-10-9-26(20-34(29)50(6,7)48)31-23-39-47(43-31)24(2)3/h9-10,19-24,27H,8,11-18H2,1-7H3,(H2,38,40,41,42). The van der Waals surface area contributed by atoms with Gasteiger partial charge < -0.3 is 29.7 Å². The number of nitrogens with zero attached hydrogens (tertiary/aromatic N) is 8. The fraction of sp³-hybridized carbons (Fsp3) is 0.500. The molecule has 6 rings (SSSR count). The number of aryl methyl sites for hydroxylation is 1. The van der Waals surface area contributed by atoms with Crippen LogP contribution in [0.5, 0.6) is 5.75 Å². The van der Waals surface area contributed by atoms with Crippen molar-refractivity contribution in [2.24, 2.45) is 0 Å². The second-order valence-electron chi connectivity index (χ2n) is 14.0. The van der Waals surface area contributed by atoms with Gasteiger partial charge in [0.05, 0.1) is 35.2 Å². The van der Waals surface area contributed by atoms with Crippen LogP contribution < -0.4 is 25.6 Å². The molecule has 0 unspecified atom stereocenters. The lowest BCUT2D eigenvalue weighted by molar-refractivity contribution is 0.0982. The molecule has 0 amide bonds. The minimum Gasteiger partial charge on any atom is -0.494 e. The zero-order valence-corrected chi connectivity index (χ0v) is 32.8. The van der Waals surface area contributed by atoms with Crippen molar-refractivity contribution in [1.82, 2.24) is 34.8 Å². The molecule has 0 radical (unpaired) electrons. The first kappa shape index (κ1) is 36.3. The third-order valence-electron chi connectivity index (χ3n) is 9.73. The Balaban J connectivity index is 1.21. The number of piperidine rings is 1. The van der Waals surface area contributed by atoms with Crippen LogP contribution in [0.15, 0.2) is 47.2 Å². The molecule has 0 aliphatic carbocycles. The van der Waals surface area contributed by atoms with Gasteiger partial charge in [0.1, 0.15) is 24.4 Å². The van der Waals surface area contributed by atoms with Gasteiger partial charge in [-0.15, -0.1) is 0 Å². The van der Waals surface area contributed by atoms with E-state index in [4.69, 9.17) is 9.72 Å². The van der Waals surface area contributed by atoms with Gasteiger partial charge in [0.2, 0.25) is 5.95 Å². The molecule has 4 aromatic rings. The molecule has 2 saturated heterocycles. The van der Waals surface area contributed by atoms with E-state index in [1.165, 1.54) is 37.2 Å². The first-order valence-electron chi connectivity index (χ1n) is 17.5. The van der Waals surface area contributed by atoms with Gasteiger partial charge in [-0.1, -0.05) is 13.0 Å². The van der Waals surface area contributed by atoms with Gasteiger partial charge in [-0.3, -0.25) is 4.90 Å². The molecule has 0 atom stereocenters. The van der Waals surface area contributed by atoms with E-state index >= 15 is 0 Å². The zero-order chi connectivity index (χ0) is 35.6. The average Bonchev–Trinajstić information content (AvgIpc) is 3.61. The molecule has 50 heavy (non-hydrogen) atoms. The fourth-order valence-corrected chi connectivity index (χ4v) is 8.23. The van der Waals surface area contributed by atoms with Gasteiger partial charge in [0.25, 0.3) is 0 Å². The minimum absolute atomic E-state index is 0.145. The number of benzene rings is 2. The molecule has 2 aliphatic heterocycles. The maximum Gasteiger partial charge on any atom is 0.229 e. The fourth-order valence-electron chi connectivity index (χ4n) is 6.78. The lowest BCUT2D eigenvalue weighted by atomic mass is 9.99. The third kappa shape index (κ3) is 8.17. The Labute approximate surface area is 304 Å². The highest BCUT2D eigenvalue weighted by Crippen LogP contribution is 2.41. The molecule has 0 bridgehead atoms. The van der Waals surface area contributed by atoms with Crippen LogP contribution >= 0.6 is 23.1 Å². The van der Waals surface area contributed by atoms with Crippen LogP contribution in [0, 0.1) is 0 Å². The van der Waals surface area contributed by atoms with Crippen molar-refractivity contribution < 1.29 is 9.30 Å². The normalized spacial score (nSPS) is 16.6. The number of hydrogen-bond donors (Lipinski definition) is 2. The molecular weight excluding hydrogens is 715 g/mol. The molecule has 14 heteroatoms. The van der Waals surface area contributed by atoms with Crippen molar-refractivity contribution >= 4 is 57.2 Å². The summed E-state index contributed by atoms with van der Waals surface area (Å²) >= 11 is 3.61. The number of nitrogens with one attached hydrogen (secondary N) is 2. The number of hydrogen-bond acceptors (Lipinski definition) is 11. The summed E-state index contributed by atoms with van der Waals surface area (Å²) in [5.41, 5.74) is 5.58. The zero-order valence-electron chi connectivity index (χ0n) is 30.3. The number of likely N-dealkylation sites (N-methyl/N-ethyl adjacent to an activating group) is 1. The van der Waals surface area contributed by atoms with E-state index in [-0.39, 0.29) is 6.04 Å². The number of ether oxygens (including phenoxy) is 1. The summed E-state index contributed by atoms with van der Waals surface area (Å²) in [5, 5.41) is 16.5. The summed E-state index contributed by atoms with van der Waals surface area (Å²) in [6, 6.07) is 10.9. The van der Waals surface area contributed by atoms with E-state index in [1.54, 1.807) is 37.6 Å². The number of methoxy groups -OCH3 is 1. The Morgan fingerprint density at radius 3 is 2.38 bits per heavy atom. The Bertz CT molecular complexity index is 1840. The molecule has 0 saturated carbocycles. The van der Waals surface area contributed by atoms with Crippen LogP contribution in [-0.2, 0) is 11.0 Å². The molecule has 0 spiro atoms. The van der Waals surface area contributed by atoms with Crippen LogP contribution in [-0.4, -0.2) is 108 Å². The highest BCUT2D eigenvalue weighted by atomic mass is 79.9. The van der Waals surface area contributed by atoms with Crippen molar-refractivity contribution in [1.29, 1.82) is 0 Å². The summed E-state index contributed by atoms with van der Waals surface area (Å²) in [6.07, 6.45) is 6.69. The van der Waals surface area contributed by atoms with E-state index in [1.807, 2.05) is 32.0 Å². The molecule has 2 aromatic heterocycles. The van der Waals surface area contributed by atoms with Crippen LogP contribution in [0.25, 0.3) is 11.3 Å². The van der Waals surface area contributed by atoms with E-state index in [0.717, 1.165) is 55.3 Å². The van der Waals surface area contributed by atoms with Gasteiger partial charge in [0, 0.05) is 74.1 Å². The Hall–Kier alpha value is -3.51. The molecule has 2 fully saturated rings. The molecule has 2 N–H and O–H groups in total. The minimum atomic E-state index is -2.70. The van der Waals surface area contributed by atoms with Crippen LogP contribution in [0.2, 0.25) is 0 Å². The first-order valence-corrected chi connectivity index (χ1v) is 20.9. The van der Waals surface area contributed by atoms with Crippen molar-refractivity contribution in [3.8, 4) is 17.0 Å². The maximum atomic E-state index is 13.5. The van der Waals surface area contributed by atoms with Crippen molar-refractivity contribution in [3.63, 3.8) is 0 Å². The maximum absolute atomic E-state index is 13.5. The molecule has 268 valence electrons. The summed E-state index contributed by atoms with van der Waals surface area (Å²) in [4.78, 5) is 18.7. The highest BCUT2D eigenvalue weighted by Gasteiger charge is 2.28. The van der Waals surface area contributed by atoms with Gasteiger partial charge in [-0.2, -0.15) is 20.0 Å². The van der Waals surface area contributed by atoms with Crippen molar-refractivity contribution in [2.75, 3.05) is 82.3 Å². The second kappa shape index (κ2) is 15.4. The summed E-state index contributed by atoms with van der Waals surface area (Å²) in [6.45, 7) is 16.5. The molecule has 2 aliphatic rings. The van der Waals surface area contributed by atoms with E-state index in [0.29, 0.717) is 33.3 Å². The van der Waals surface area contributed by atoms with Gasteiger partial charge in [-0.05, 0) is 93.2 Å². The monoisotopic (exact) mass is 764 g/mol. The number of halogens is 1. The van der Waals surface area contributed by atoms with Crippen LogP contribution in [0.1, 0.15) is 45.2 Å². The lowest BCUT2D eigenvalue weighted by Gasteiger charge is -2.43. The highest BCUT2D eigenvalue weighted by molar-refractivity contribution is 9.10. The predicted molar refractivity (Wildman–Crippen MR) is 208 cm³/mol. The second-order valence-corrected chi connectivity index (χ2v) is 18.0. The molecular formula is C36H50BrN10O2P. The van der Waals surface area contributed by atoms with Crippen LogP contribution in [0.3, 0.4) is 0 Å². The quantitative estimate of drug-likeness (QED) is 0.161. The average molecular weight is 766 g/mol. The largest absolute Gasteiger partial charge is 0.494 e. The lowest BCUT2D eigenvalue weighted by Crippen LogP contribution is -2.52. The van der Waals surface area contributed by atoms with Crippen molar-refractivity contribution in [2.45, 2.75) is 52.1 Å². The Kier molecular flexibility index (Phi) is 11.2.